The number of carbonyl (C=O) groups is 1. The molecule has 0 saturated carbocycles. The number of aromatic nitrogens is 2. The summed E-state index contributed by atoms with van der Waals surface area (Å²) in [5.74, 6) is 0.863. The largest absolute Gasteiger partial charge is 0.465 e. The predicted octanol–water partition coefficient (Wildman–Crippen LogP) is 4.34. The van der Waals surface area contributed by atoms with E-state index in [-0.39, 0.29) is 5.92 Å². The van der Waals surface area contributed by atoms with E-state index in [1.54, 1.807) is 7.11 Å². The van der Waals surface area contributed by atoms with Gasteiger partial charge in [0.05, 0.1) is 18.9 Å². The molecule has 0 bridgehead atoms. The molecule has 1 aliphatic heterocycles. The smallest absolute Gasteiger partial charge is 0.407 e. The van der Waals surface area contributed by atoms with E-state index in [0.717, 1.165) is 29.7 Å². The minimum absolute atomic E-state index is 0.160. The third-order valence-electron chi connectivity index (χ3n) is 5.92. The fourth-order valence-electron chi connectivity index (χ4n) is 4.42. The highest BCUT2D eigenvalue weighted by Gasteiger charge is 2.35. The molecule has 1 aromatic carbocycles. The Balaban J connectivity index is 1.88. The summed E-state index contributed by atoms with van der Waals surface area (Å²) in [7, 11) is 1.67. The van der Waals surface area contributed by atoms with Crippen LogP contribution in [0.3, 0.4) is 0 Å². The van der Waals surface area contributed by atoms with E-state index in [1.165, 1.54) is 16.0 Å². The normalized spacial score (nSPS) is 16.9. The lowest BCUT2D eigenvalue weighted by Gasteiger charge is -2.35. The van der Waals surface area contributed by atoms with Crippen molar-refractivity contribution in [2.75, 3.05) is 26.8 Å². The Morgan fingerprint density at radius 2 is 1.84 bits per heavy atom. The summed E-state index contributed by atoms with van der Waals surface area (Å²) < 4.78 is 12.0. The number of amides is 1. The average molecular weight is 428 g/mol. The molecule has 1 unspecified atom stereocenters. The highest BCUT2D eigenvalue weighted by molar-refractivity contribution is 5.65. The van der Waals surface area contributed by atoms with Crippen molar-refractivity contribution in [1.29, 1.82) is 0 Å². The Kier molecular flexibility index (Phi) is 7.28. The molecule has 3 rings (SSSR count). The first-order chi connectivity index (χ1) is 14.7. The number of carboxylic acid groups (broad SMARTS) is 1. The standard InChI is InChI=1S/C24H33N3O4/c1-16-10-17(2)12-19(11-16)14-31-24(4,15-30-5)21-13-25-18(3)26-22(21)20-6-8-27(9-7-20)23(28)29/h10-13,20H,6-9,14-15H2,1-5H3,(H,28,29). The van der Waals surface area contributed by atoms with E-state index in [9.17, 15) is 9.90 Å². The van der Waals surface area contributed by atoms with Crippen LogP contribution in [0.1, 0.15) is 59.5 Å². The maximum Gasteiger partial charge on any atom is 0.407 e. The molecule has 2 heterocycles. The Labute approximate surface area is 184 Å². The Morgan fingerprint density at radius 3 is 2.42 bits per heavy atom. The van der Waals surface area contributed by atoms with E-state index >= 15 is 0 Å². The summed E-state index contributed by atoms with van der Waals surface area (Å²) in [6.07, 6.45) is 2.45. The molecule has 168 valence electrons. The number of piperidine rings is 1. The summed E-state index contributed by atoms with van der Waals surface area (Å²) >= 11 is 0. The first-order valence-electron chi connectivity index (χ1n) is 10.7. The first kappa shape index (κ1) is 23.2. The highest BCUT2D eigenvalue weighted by atomic mass is 16.5. The Bertz CT molecular complexity index is 905. The SMILES string of the molecule is COCC(C)(OCc1cc(C)cc(C)c1)c1cnc(C)nc1C1CCN(C(=O)O)CC1. The number of ether oxygens (including phenoxy) is 2. The zero-order valence-electron chi connectivity index (χ0n) is 19.1. The summed E-state index contributed by atoms with van der Waals surface area (Å²) in [4.78, 5) is 22.0. The molecular formula is C24H33N3O4. The topological polar surface area (TPSA) is 84.8 Å². The molecule has 31 heavy (non-hydrogen) atoms. The van der Waals surface area contributed by atoms with Crippen molar-refractivity contribution in [3.63, 3.8) is 0 Å². The number of rotatable bonds is 7. The molecular weight excluding hydrogens is 394 g/mol. The second kappa shape index (κ2) is 9.75. The highest BCUT2D eigenvalue weighted by Crippen LogP contribution is 2.36. The van der Waals surface area contributed by atoms with Crippen molar-refractivity contribution in [3.05, 3.63) is 58.2 Å². The van der Waals surface area contributed by atoms with E-state index in [2.05, 4.69) is 37.0 Å². The van der Waals surface area contributed by atoms with Crippen molar-refractivity contribution < 1.29 is 19.4 Å². The second-order valence-electron chi connectivity index (χ2n) is 8.71. The molecule has 7 nitrogen and oxygen atoms in total. The third kappa shape index (κ3) is 5.60. The summed E-state index contributed by atoms with van der Waals surface area (Å²) in [5.41, 5.74) is 4.66. The van der Waals surface area contributed by atoms with Gasteiger partial charge in [0.15, 0.2) is 0 Å². The van der Waals surface area contributed by atoms with Crippen LogP contribution in [0.2, 0.25) is 0 Å². The van der Waals surface area contributed by atoms with Crippen molar-refractivity contribution in [2.45, 2.75) is 58.7 Å². The molecule has 7 heteroatoms. The van der Waals surface area contributed by atoms with Crippen molar-refractivity contribution in [1.82, 2.24) is 14.9 Å². The molecule has 0 spiro atoms. The summed E-state index contributed by atoms with van der Waals surface area (Å²) in [6, 6.07) is 6.41. The minimum atomic E-state index is -0.862. The van der Waals surface area contributed by atoms with Gasteiger partial charge in [-0.05, 0) is 46.1 Å². The maximum atomic E-state index is 11.3. The van der Waals surface area contributed by atoms with Crippen LogP contribution in [0.15, 0.2) is 24.4 Å². The number of benzene rings is 1. The lowest BCUT2D eigenvalue weighted by atomic mass is 9.85. The Morgan fingerprint density at radius 1 is 1.19 bits per heavy atom. The molecule has 0 radical (unpaired) electrons. The second-order valence-corrected chi connectivity index (χ2v) is 8.71. The van der Waals surface area contributed by atoms with E-state index in [4.69, 9.17) is 14.5 Å². The fraction of sp³-hybridized carbons (Fsp3) is 0.542. The summed E-state index contributed by atoms with van der Waals surface area (Å²) in [6.45, 7) is 9.89. The van der Waals surface area contributed by atoms with Crippen molar-refractivity contribution >= 4 is 6.09 Å². The van der Waals surface area contributed by atoms with Gasteiger partial charge in [0.2, 0.25) is 0 Å². The third-order valence-corrected chi connectivity index (χ3v) is 5.92. The molecule has 1 amide bonds. The number of hydrogen-bond donors (Lipinski definition) is 1. The predicted molar refractivity (Wildman–Crippen MR) is 118 cm³/mol. The molecule has 1 fully saturated rings. The van der Waals surface area contributed by atoms with Gasteiger partial charge in [-0.2, -0.15) is 0 Å². The lowest BCUT2D eigenvalue weighted by Crippen LogP contribution is -2.38. The average Bonchev–Trinajstić information content (AvgIpc) is 2.72. The lowest BCUT2D eigenvalue weighted by molar-refractivity contribution is -0.0928. The van der Waals surface area contributed by atoms with Crippen LogP contribution in [0, 0.1) is 20.8 Å². The van der Waals surface area contributed by atoms with E-state index in [0.29, 0.717) is 32.1 Å². The van der Waals surface area contributed by atoms with Crippen LogP contribution in [0.5, 0.6) is 0 Å². The number of likely N-dealkylation sites (tertiary alicyclic amines) is 1. The van der Waals surface area contributed by atoms with Gasteiger partial charge in [-0.25, -0.2) is 14.8 Å². The van der Waals surface area contributed by atoms with E-state index in [1.807, 2.05) is 20.0 Å². The number of methoxy groups -OCH3 is 1. The molecule has 1 N–H and O–H groups in total. The first-order valence-corrected chi connectivity index (χ1v) is 10.7. The quantitative estimate of drug-likeness (QED) is 0.708. The van der Waals surface area contributed by atoms with Crippen LogP contribution in [-0.4, -0.2) is 52.9 Å². The molecule has 1 aromatic heterocycles. The van der Waals surface area contributed by atoms with Gasteiger partial charge in [-0.1, -0.05) is 29.3 Å². The Hall–Kier alpha value is -2.51. The van der Waals surface area contributed by atoms with Crippen molar-refractivity contribution in [3.8, 4) is 0 Å². The number of hydrogen-bond acceptors (Lipinski definition) is 5. The van der Waals surface area contributed by atoms with Crippen LogP contribution >= 0.6 is 0 Å². The van der Waals surface area contributed by atoms with Crippen LogP contribution in [0.4, 0.5) is 4.79 Å². The maximum absolute atomic E-state index is 11.3. The molecule has 2 aromatic rings. The van der Waals surface area contributed by atoms with Gasteiger partial charge in [-0.15, -0.1) is 0 Å². The number of nitrogens with zero attached hydrogens (tertiary/aromatic N) is 3. The minimum Gasteiger partial charge on any atom is -0.465 e. The van der Waals surface area contributed by atoms with Crippen molar-refractivity contribution in [2.24, 2.45) is 0 Å². The van der Waals surface area contributed by atoms with Gasteiger partial charge < -0.3 is 19.5 Å². The fourth-order valence-corrected chi connectivity index (χ4v) is 4.42. The van der Waals surface area contributed by atoms with Gasteiger partial charge >= 0.3 is 6.09 Å². The zero-order chi connectivity index (χ0) is 22.6. The van der Waals surface area contributed by atoms with Crippen LogP contribution in [-0.2, 0) is 21.7 Å². The zero-order valence-corrected chi connectivity index (χ0v) is 19.1. The van der Waals surface area contributed by atoms with Gasteiger partial charge in [0.1, 0.15) is 11.4 Å². The van der Waals surface area contributed by atoms with Crippen LogP contribution in [0.25, 0.3) is 0 Å². The monoisotopic (exact) mass is 427 g/mol. The van der Waals surface area contributed by atoms with Crippen LogP contribution < -0.4 is 0 Å². The van der Waals surface area contributed by atoms with Gasteiger partial charge in [-0.3, -0.25) is 0 Å². The molecule has 0 aliphatic carbocycles. The van der Waals surface area contributed by atoms with Gasteiger partial charge in [0, 0.05) is 37.9 Å². The number of aryl methyl sites for hydroxylation is 3. The summed E-state index contributed by atoms with van der Waals surface area (Å²) in [5, 5.41) is 9.27. The molecule has 1 aliphatic rings. The van der Waals surface area contributed by atoms with E-state index < -0.39 is 11.7 Å². The molecule has 1 saturated heterocycles. The molecule has 1 atom stereocenters. The van der Waals surface area contributed by atoms with Gasteiger partial charge in [0.25, 0.3) is 0 Å².